The van der Waals surface area contributed by atoms with Crippen LogP contribution in [0.1, 0.15) is 11.5 Å². The topological polar surface area (TPSA) is 69.2 Å². The van der Waals surface area contributed by atoms with Gasteiger partial charge >= 0.3 is 0 Å². The lowest BCUT2D eigenvalue weighted by atomic mass is 10.2. The van der Waals surface area contributed by atoms with Crippen LogP contribution < -0.4 is 0 Å². The number of hydrogen-bond acceptors (Lipinski definition) is 6. The molecule has 0 amide bonds. The zero-order valence-electron chi connectivity index (χ0n) is 10.9. The van der Waals surface area contributed by atoms with Crippen LogP contribution in [0.3, 0.4) is 0 Å². The van der Waals surface area contributed by atoms with Gasteiger partial charge < -0.3 is 9.26 Å². The molecule has 0 radical (unpaired) electrons. The Bertz CT molecular complexity index is 510. The van der Waals surface area contributed by atoms with Gasteiger partial charge in [-0.1, -0.05) is 5.16 Å². The summed E-state index contributed by atoms with van der Waals surface area (Å²) in [6.45, 7) is 5.95. The summed E-state index contributed by atoms with van der Waals surface area (Å²) in [5.41, 5.74) is 0.971. The highest BCUT2D eigenvalue weighted by molar-refractivity contribution is 5.03. The zero-order chi connectivity index (χ0) is 13.1. The summed E-state index contributed by atoms with van der Waals surface area (Å²) in [5, 5.41) is 8.13. The first-order valence-electron chi connectivity index (χ1n) is 6.38. The minimum atomic E-state index is 0.142. The first-order valence-corrected chi connectivity index (χ1v) is 6.38. The molecule has 1 fully saturated rings. The Morgan fingerprint density at radius 3 is 3.16 bits per heavy atom. The SMILES string of the molecule is Cc1cc(CN2CCOC(Cn3cncn3)C2)no1. The van der Waals surface area contributed by atoms with Crippen molar-refractivity contribution in [1.29, 1.82) is 0 Å². The van der Waals surface area contributed by atoms with E-state index in [1.807, 2.05) is 13.0 Å². The second-order valence-corrected chi connectivity index (χ2v) is 4.77. The smallest absolute Gasteiger partial charge is 0.137 e. The van der Waals surface area contributed by atoms with Gasteiger partial charge in [0.05, 0.1) is 24.9 Å². The van der Waals surface area contributed by atoms with Gasteiger partial charge in [0, 0.05) is 25.7 Å². The number of nitrogens with zero attached hydrogens (tertiary/aromatic N) is 5. The second kappa shape index (κ2) is 5.50. The molecule has 0 N–H and O–H groups in total. The molecule has 19 heavy (non-hydrogen) atoms. The predicted molar refractivity (Wildman–Crippen MR) is 66.3 cm³/mol. The molecule has 2 aromatic heterocycles. The fraction of sp³-hybridized carbons (Fsp3) is 0.583. The lowest BCUT2D eigenvalue weighted by Gasteiger charge is -2.32. The molecule has 3 heterocycles. The summed E-state index contributed by atoms with van der Waals surface area (Å²) in [4.78, 5) is 6.26. The Balaban J connectivity index is 1.55. The maximum Gasteiger partial charge on any atom is 0.137 e. The molecule has 1 atom stereocenters. The van der Waals surface area contributed by atoms with Gasteiger partial charge in [-0.25, -0.2) is 4.98 Å². The molecular weight excluding hydrogens is 246 g/mol. The molecule has 0 bridgehead atoms. The standard InChI is InChI=1S/C12H17N5O2/c1-10-4-11(15-19-10)5-16-2-3-18-12(6-16)7-17-9-13-8-14-17/h4,8-9,12H,2-3,5-7H2,1H3. The van der Waals surface area contributed by atoms with Gasteiger partial charge in [-0.05, 0) is 6.92 Å². The lowest BCUT2D eigenvalue weighted by Crippen LogP contribution is -2.43. The van der Waals surface area contributed by atoms with Crippen LogP contribution in [0.15, 0.2) is 23.2 Å². The first-order chi connectivity index (χ1) is 9.29. The molecule has 7 heteroatoms. The van der Waals surface area contributed by atoms with E-state index in [-0.39, 0.29) is 6.10 Å². The molecule has 2 aromatic rings. The number of aromatic nitrogens is 4. The van der Waals surface area contributed by atoms with Crippen LogP contribution in [0.2, 0.25) is 0 Å². The summed E-state index contributed by atoms with van der Waals surface area (Å²) in [6, 6.07) is 1.97. The van der Waals surface area contributed by atoms with Crippen molar-refractivity contribution in [3.05, 3.63) is 30.2 Å². The Labute approximate surface area is 111 Å². The van der Waals surface area contributed by atoms with E-state index in [1.165, 1.54) is 0 Å². The Kier molecular flexibility index (Phi) is 3.56. The van der Waals surface area contributed by atoms with Gasteiger partial charge in [0.15, 0.2) is 0 Å². The number of ether oxygens (including phenoxy) is 1. The zero-order valence-corrected chi connectivity index (χ0v) is 10.9. The van der Waals surface area contributed by atoms with Crippen molar-refractivity contribution in [1.82, 2.24) is 24.8 Å². The highest BCUT2D eigenvalue weighted by Crippen LogP contribution is 2.11. The quantitative estimate of drug-likeness (QED) is 0.799. The van der Waals surface area contributed by atoms with E-state index >= 15 is 0 Å². The normalized spacial score (nSPS) is 20.8. The van der Waals surface area contributed by atoms with E-state index < -0.39 is 0 Å². The number of rotatable bonds is 4. The third-order valence-corrected chi connectivity index (χ3v) is 3.14. The van der Waals surface area contributed by atoms with Gasteiger partial charge in [-0.2, -0.15) is 5.10 Å². The van der Waals surface area contributed by atoms with Crippen molar-refractivity contribution in [2.75, 3.05) is 19.7 Å². The van der Waals surface area contributed by atoms with Crippen LogP contribution in [-0.2, 0) is 17.8 Å². The lowest BCUT2D eigenvalue weighted by molar-refractivity contribution is -0.0408. The third-order valence-electron chi connectivity index (χ3n) is 3.14. The molecule has 1 aliphatic heterocycles. The number of aryl methyl sites for hydroxylation is 1. The molecule has 1 unspecified atom stereocenters. The molecule has 0 aliphatic carbocycles. The highest BCUT2D eigenvalue weighted by Gasteiger charge is 2.21. The summed E-state index contributed by atoms with van der Waals surface area (Å²) in [7, 11) is 0. The van der Waals surface area contributed by atoms with E-state index in [0.717, 1.165) is 44.2 Å². The van der Waals surface area contributed by atoms with Gasteiger partial charge in [-0.15, -0.1) is 0 Å². The van der Waals surface area contributed by atoms with Gasteiger partial charge in [0.2, 0.25) is 0 Å². The summed E-state index contributed by atoms with van der Waals surface area (Å²) in [5.74, 6) is 0.849. The van der Waals surface area contributed by atoms with Crippen LogP contribution in [0.5, 0.6) is 0 Å². The summed E-state index contributed by atoms with van der Waals surface area (Å²) in [6.07, 6.45) is 3.39. The Morgan fingerprint density at radius 1 is 1.47 bits per heavy atom. The molecule has 0 aromatic carbocycles. The van der Waals surface area contributed by atoms with Crippen molar-refractivity contribution in [3.63, 3.8) is 0 Å². The number of morpholine rings is 1. The third kappa shape index (κ3) is 3.18. The van der Waals surface area contributed by atoms with Crippen LogP contribution in [0.25, 0.3) is 0 Å². The highest BCUT2D eigenvalue weighted by atomic mass is 16.5. The van der Waals surface area contributed by atoms with E-state index in [0.29, 0.717) is 0 Å². The van der Waals surface area contributed by atoms with E-state index in [2.05, 4.69) is 20.1 Å². The van der Waals surface area contributed by atoms with Crippen molar-refractivity contribution in [3.8, 4) is 0 Å². The van der Waals surface area contributed by atoms with Crippen molar-refractivity contribution >= 4 is 0 Å². The minimum absolute atomic E-state index is 0.142. The van der Waals surface area contributed by atoms with Gasteiger partial charge in [0.1, 0.15) is 18.4 Å². The average molecular weight is 263 g/mol. The average Bonchev–Trinajstić information content (AvgIpc) is 3.02. The van der Waals surface area contributed by atoms with Gasteiger partial charge in [-0.3, -0.25) is 9.58 Å². The Morgan fingerprint density at radius 2 is 2.42 bits per heavy atom. The summed E-state index contributed by atoms with van der Waals surface area (Å²) < 4.78 is 12.6. The monoisotopic (exact) mass is 263 g/mol. The minimum Gasteiger partial charge on any atom is -0.374 e. The van der Waals surface area contributed by atoms with E-state index in [4.69, 9.17) is 9.26 Å². The molecule has 0 saturated carbocycles. The number of hydrogen-bond donors (Lipinski definition) is 0. The molecule has 1 aliphatic rings. The van der Waals surface area contributed by atoms with Crippen molar-refractivity contribution in [2.24, 2.45) is 0 Å². The van der Waals surface area contributed by atoms with Crippen LogP contribution in [0, 0.1) is 6.92 Å². The molecular formula is C12H17N5O2. The second-order valence-electron chi connectivity index (χ2n) is 4.77. The molecule has 7 nitrogen and oxygen atoms in total. The fourth-order valence-electron chi connectivity index (χ4n) is 2.29. The van der Waals surface area contributed by atoms with E-state index in [1.54, 1.807) is 17.3 Å². The molecule has 0 spiro atoms. The van der Waals surface area contributed by atoms with Crippen LogP contribution >= 0.6 is 0 Å². The van der Waals surface area contributed by atoms with Crippen LogP contribution in [-0.4, -0.2) is 50.6 Å². The summed E-state index contributed by atoms with van der Waals surface area (Å²) >= 11 is 0. The molecule has 1 saturated heterocycles. The van der Waals surface area contributed by atoms with Crippen LogP contribution in [0.4, 0.5) is 0 Å². The largest absolute Gasteiger partial charge is 0.374 e. The maximum absolute atomic E-state index is 5.75. The van der Waals surface area contributed by atoms with Gasteiger partial charge in [0.25, 0.3) is 0 Å². The fourth-order valence-corrected chi connectivity index (χ4v) is 2.29. The molecule has 3 rings (SSSR count). The Hall–Kier alpha value is -1.73. The first kappa shape index (κ1) is 12.3. The predicted octanol–water partition coefficient (Wildman–Crippen LogP) is 0.476. The van der Waals surface area contributed by atoms with Crippen molar-refractivity contribution < 1.29 is 9.26 Å². The maximum atomic E-state index is 5.75. The molecule has 102 valence electrons. The van der Waals surface area contributed by atoms with E-state index in [9.17, 15) is 0 Å². The van der Waals surface area contributed by atoms with Crippen molar-refractivity contribution in [2.45, 2.75) is 26.1 Å².